The number of hydrogen-bond acceptors (Lipinski definition) is 2. The van der Waals surface area contributed by atoms with E-state index < -0.39 is 0 Å². The van der Waals surface area contributed by atoms with Crippen molar-refractivity contribution in [3.05, 3.63) is 29.8 Å². The minimum absolute atomic E-state index is 0.246. The van der Waals surface area contributed by atoms with Crippen molar-refractivity contribution in [1.29, 1.82) is 0 Å². The summed E-state index contributed by atoms with van der Waals surface area (Å²) in [7, 11) is 2.13. The monoisotopic (exact) mass is 249 g/mol. The SMILES string of the molecule is CCC(O)c1ccc(N(C)C(C)C(C)(C)C)cc1. The summed E-state index contributed by atoms with van der Waals surface area (Å²) < 4.78 is 0. The van der Waals surface area contributed by atoms with Crippen LogP contribution in [0, 0.1) is 5.41 Å². The fraction of sp³-hybridized carbons (Fsp3) is 0.625. The van der Waals surface area contributed by atoms with Gasteiger partial charge < -0.3 is 10.0 Å². The second-order valence-corrected chi connectivity index (χ2v) is 6.17. The van der Waals surface area contributed by atoms with Gasteiger partial charge >= 0.3 is 0 Å². The van der Waals surface area contributed by atoms with Gasteiger partial charge in [0.05, 0.1) is 6.10 Å². The Morgan fingerprint density at radius 1 is 1.17 bits per heavy atom. The molecule has 2 heteroatoms. The van der Waals surface area contributed by atoms with Gasteiger partial charge in [0, 0.05) is 18.8 Å². The Hall–Kier alpha value is -1.02. The van der Waals surface area contributed by atoms with E-state index in [-0.39, 0.29) is 11.5 Å². The lowest BCUT2D eigenvalue weighted by Gasteiger charge is -2.37. The van der Waals surface area contributed by atoms with E-state index >= 15 is 0 Å². The van der Waals surface area contributed by atoms with E-state index in [2.05, 4.69) is 51.8 Å². The van der Waals surface area contributed by atoms with E-state index in [0.717, 1.165) is 12.0 Å². The molecule has 0 amide bonds. The third-order valence-corrected chi connectivity index (χ3v) is 3.91. The largest absolute Gasteiger partial charge is 0.388 e. The highest BCUT2D eigenvalue weighted by atomic mass is 16.3. The van der Waals surface area contributed by atoms with Gasteiger partial charge in [-0.2, -0.15) is 0 Å². The number of benzene rings is 1. The van der Waals surface area contributed by atoms with Gasteiger partial charge in [-0.05, 0) is 36.5 Å². The molecule has 0 fully saturated rings. The topological polar surface area (TPSA) is 23.5 Å². The van der Waals surface area contributed by atoms with Crippen molar-refractivity contribution in [2.75, 3.05) is 11.9 Å². The first-order chi connectivity index (χ1) is 8.27. The molecule has 0 aromatic heterocycles. The first-order valence-corrected chi connectivity index (χ1v) is 6.78. The molecule has 2 nitrogen and oxygen atoms in total. The molecule has 2 unspecified atom stereocenters. The lowest BCUT2D eigenvalue weighted by Crippen LogP contribution is -2.39. The summed E-state index contributed by atoms with van der Waals surface area (Å²) in [5.41, 5.74) is 2.44. The molecule has 1 rings (SSSR count). The molecular weight excluding hydrogens is 222 g/mol. The summed E-state index contributed by atoms with van der Waals surface area (Å²) in [6.45, 7) is 11.0. The molecule has 0 aliphatic heterocycles. The van der Waals surface area contributed by atoms with Gasteiger partial charge in [0.25, 0.3) is 0 Å². The van der Waals surface area contributed by atoms with E-state index in [4.69, 9.17) is 0 Å². The van der Waals surface area contributed by atoms with Crippen LogP contribution in [0.25, 0.3) is 0 Å². The highest BCUT2D eigenvalue weighted by Crippen LogP contribution is 2.28. The van der Waals surface area contributed by atoms with Gasteiger partial charge in [-0.25, -0.2) is 0 Å². The molecule has 0 aliphatic carbocycles. The molecule has 1 aromatic rings. The summed E-state index contributed by atoms with van der Waals surface area (Å²) in [6.07, 6.45) is 0.414. The lowest BCUT2D eigenvalue weighted by atomic mass is 9.87. The van der Waals surface area contributed by atoms with Crippen LogP contribution < -0.4 is 4.90 Å². The zero-order valence-corrected chi connectivity index (χ0v) is 12.6. The molecule has 0 aliphatic rings. The third-order valence-electron chi connectivity index (χ3n) is 3.91. The highest BCUT2D eigenvalue weighted by molar-refractivity contribution is 5.48. The van der Waals surface area contributed by atoms with Crippen molar-refractivity contribution in [1.82, 2.24) is 0 Å². The normalized spacial score (nSPS) is 15.3. The fourth-order valence-electron chi connectivity index (χ4n) is 1.97. The van der Waals surface area contributed by atoms with Crippen molar-refractivity contribution in [2.45, 2.75) is 53.2 Å². The van der Waals surface area contributed by atoms with Crippen LogP contribution in [0.5, 0.6) is 0 Å². The number of hydrogen-bond donors (Lipinski definition) is 1. The van der Waals surface area contributed by atoms with Gasteiger partial charge in [-0.15, -0.1) is 0 Å². The van der Waals surface area contributed by atoms with Crippen molar-refractivity contribution >= 4 is 5.69 Å². The molecule has 1 N–H and O–H groups in total. The van der Waals surface area contributed by atoms with Crippen LogP contribution in [-0.2, 0) is 0 Å². The maximum absolute atomic E-state index is 9.78. The molecule has 0 saturated carbocycles. The molecular formula is C16H27NO. The summed E-state index contributed by atoms with van der Waals surface area (Å²) in [6, 6.07) is 8.69. The Balaban J connectivity index is 2.85. The molecule has 0 radical (unpaired) electrons. The second-order valence-electron chi connectivity index (χ2n) is 6.17. The third kappa shape index (κ3) is 3.49. The van der Waals surface area contributed by atoms with Crippen molar-refractivity contribution in [3.63, 3.8) is 0 Å². The zero-order chi connectivity index (χ0) is 13.9. The summed E-state index contributed by atoms with van der Waals surface area (Å²) in [5, 5.41) is 9.78. The maximum Gasteiger partial charge on any atom is 0.0787 e. The first-order valence-electron chi connectivity index (χ1n) is 6.78. The smallest absolute Gasteiger partial charge is 0.0787 e. The van der Waals surface area contributed by atoms with Crippen molar-refractivity contribution in [3.8, 4) is 0 Å². The average molecular weight is 249 g/mol. The van der Waals surface area contributed by atoms with E-state index in [1.807, 2.05) is 19.1 Å². The van der Waals surface area contributed by atoms with E-state index in [0.29, 0.717) is 6.04 Å². The maximum atomic E-state index is 9.78. The molecule has 18 heavy (non-hydrogen) atoms. The zero-order valence-electron chi connectivity index (χ0n) is 12.6. The van der Waals surface area contributed by atoms with Gasteiger partial charge in [0.2, 0.25) is 0 Å². The van der Waals surface area contributed by atoms with Crippen LogP contribution >= 0.6 is 0 Å². The standard InChI is InChI=1S/C16H27NO/c1-7-15(18)13-8-10-14(11-9-13)17(6)12(2)16(3,4)5/h8-12,15,18H,7H2,1-6H3. The number of rotatable bonds is 4. The molecule has 0 heterocycles. The van der Waals surface area contributed by atoms with Gasteiger partial charge in [0.15, 0.2) is 0 Å². The molecule has 2 atom stereocenters. The average Bonchev–Trinajstić information content (AvgIpc) is 2.35. The van der Waals surface area contributed by atoms with Crippen LogP contribution in [0.2, 0.25) is 0 Å². The Kier molecular flexibility index (Phi) is 4.80. The summed E-state index contributed by atoms with van der Waals surface area (Å²) >= 11 is 0. The van der Waals surface area contributed by atoms with Crippen LogP contribution in [0.15, 0.2) is 24.3 Å². The van der Waals surface area contributed by atoms with Crippen LogP contribution in [0.4, 0.5) is 5.69 Å². The molecule has 0 spiro atoms. The predicted octanol–water partition coefficient (Wildman–Crippen LogP) is 4.00. The van der Waals surface area contributed by atoms with Gasteiger partial charge in [-0.1, -0.05) is 39.8 Å². The Morgan fingerprint density at radius 3 is 2.06 bits per heavy atom. The number of nitrogens with zero attached hydrogens (tertiary/aromatic N) is 1. The van der Waals surface area contributed by atoms with Crippen molar-refractivity contribution < 1.29 is 5.11 Å². The van der Waals surface area contributed by atoms with Crippen LogP contribution in [0.1, 0.15) is 52.7 Å². The summed E-state index contributed by atoms with van der Waals surface area (Å²) in [5.74, 6) is 0. The second kappa shape index (κ2) is 5.75. The Morgan fingerprint density at radius 2 is 1.67 bits per heavy atom. The molecule has 0 saturated heterocycles. The lowest BCUT2D eigenvalue weighted by molar-refractivity contribution is 0.173. The highest BCUT2D eigenvalue weighted by Gasteiger charge is 2.24. The van der Waals surface area contributed by atoms with Crippen LogP contribution in [0.3, 0.4) is 0 Å². The number of aliphatic hydroxyl groups excluding tert-OH is 1. The fourth-order valence-corrected chi connectivity index (χ4v) is 1.97. The van der Waals surface area contributed by atoms with Crippen molar-refractivity contribution in [2.24, 2.45) is 5.41 Å². The summed E-state index contributed by atoms with van der Waals surface area (Å²) in [4.78, 5) is 2.29. The van der Waals surface area contributed by atoms with Gasteiger partial charge in [0.1, 0.15) is 0 Å². The molecule has 1 aromatic carbocycles. The van der Waals surface area contributed by atoms with E-state index in [1.54, 1.807) is 0 Å². The Bertz CT molecular complexity index is 364. The molecule has 102 valence electrons. The predicted molar refractivity (Wildman–Crippen MR) is 79.0 cm³/mol. The van der Waals surface area contributed by atoms with Crippen LogP contribution in [-0.4, -0.2) is 18.2 Å². The first kappa shape index (κ1) is 15.0. The van der Waals surface area contributed by atoms with Gasteiger partial charge in [-0.3, -0.25) is 0 Å². The molecule has 0 bridgehead atoms. The van der Waals surface area contributed by atoms with E-state index in [9.17, 15) is 5.11 Å². The number of aliphatic hydroxyl groups is 1. The minimum atomic E-state index is -0.343. The Labute approximate surface area is 112 Å². The minimum Gasteiger partial charge on any atom is -0.388 e. The van der Waals surface area contributed by atoms with E-state index in [1.165, 1.54) is 5.69 Å². The number of anilines is 1. The quantitative estimate of drug-likeness (QED) is 0.872.